The third-order valence-corrected chi connectivity index (χ3v) is 6.14. The van der Waals surface area contributed by atoms with E-state index in [1.54, 1.807) is 47.4 Å². The van der Waals surface area contributed by atoms with Crippen LogP contribution in [0.15, 0.2) is 53.2 Å². The third kappa shape index (κ3) is 4.50. The Morgan fingerprint density at radius 1 is 1.03 bits per heavy atom. The Morgan fingerprint density at radius 3 is 2.38 bits per heavy atom. The molecule has 9 heteroatoms. The molecule has 1 saturated heterocycles. The van der Waals surface area contributed by atoms with E-state index in [1.807, 2.05) is 6.92 Å². The minimum absolute atomic E-state index is 0.00879. The highest BCUT2D eigenvalue weighted by atomic mass is 35.5. The molecule has 32 heavy (non-hydrogen) atoms. The number of halogens is 2. The van der Waals surface area contributed by atoms with E-state index in [2.05, 4.69) is 5.32 Å². The largest absolute Gasteiger partial charge is 0.378 e. The van der Waals surface area contributed by atoms with Crippen molar-refractivity contribution in [2.75, 3.05) is 36.5 Å². The summed E-state index contributed by atoms with van der Waals surface area (Å²) < 4.78 is 5.27. The summed E-state index contributed by atoms with van der Waals surface area (Å²) in [5.74, 6) is -1.14. The summed E-state index contributed by atoms with van der Waals surface area (Å²) in [6.07, 6.45) is 0.281. The van der Waals surface area contributed by atoms with Crippen molar-refractivity contribution in [1.82, 2.24) is 4.90 Å². The number of amides is 3. The summed E-state index contributed by atoms with van der Waals surface area (Å²) in [6, 6.07) is 12.0. The van der Waals surface area contributed by atoms with E-state index in [0.29, 0.717) is 42.7 Å². The first-order valence-electron chi connectivity index (χ1n) is 10.1. The van der Waals surface area contributed by atoms with Crippen molar-refractivity contribution < 1.29 is 19.1 Å². The fourth-order valence-corrected chi connectivity index (χ4v) is 3.90. The zero-order chi connectivity index (χ0) is 22.8. The Kier molecular flexibility index (Phi) is 6.50. The fraction of sp³-hybridized carbons (Fsp3) is 0.261. The SMILES string of the molecule is Cc1ccc(N2C(=O)C(Cl)=C(Nc3ccc(CC(=O)N4CCOCC4)cc3)C2=O)cc1Cl. The molecule has 2 heterocycles. The van der Waals surface area contributed by atoms with Gasteiger partial charge in [0.1, 0.15) is 10.7 Å². The van der Waals surface area contributed by atoms with Gasteiger partial charge in [0.25, 0.3) is 11.8 Å². The third-order valence-electron chi connectivity index (χ3n) is 5.38. The molecule has 0 bridgehead atoms. The van der Waals surface area contributed by atoms with Gasteiger partial charge in [0.05, 0.1) is 25.3 Å². The molecule has 0 saturated carbocycles. The van der Waals surface area contributed by atoms with Crippen molar-refractivity contribution in [1.29, 1.82) is 0 Å². The zero-order valence-electron chi connectivity index (χ0n) is 17.4. The maximum Gasteiger partial charge on any atom is 0.283 e. The van der Waals surface area contributed by atoms with E-state index in [4.69, 9.17) is 27.9 Å². The van der Waals surface area contributed by atoms with Crippen LogP contribution >= 0.6 is 23.2 Å². The average molecular weight is 474 g/mol. The van der Waals surface area contributed by atoms with E-state index < -0.39 is 11.8 Å². The molecule has 0 aromatic heterocycles. The monoisotopic (exact) mass is 473 g/mol. The van der Waals surface area contributed by atoms with Gasteiger partial charge >= 0.3 is 0 Å². The van der Waals surface area contributed by atoms with Gasteiger partial charge in [-0.2, -0.15) is 0 Å². The molecule has 4 rings (SSSR count). The molecule has 0 radical (unpaired) electrons. The second-order valence-electron chi connectivity index (χ2n) is 7.56. The lowest BCUT2D eigenvalue weighted by atomic mass is 10.1. The predicted molar refractivity (Wildman–Crippen MR) is 123 cm³/mol. The van der Waals surface area contributed by atoms with Crippen molar-refractivity contribution in [2.24, 2.45) is 0 Å². The number of hydrogen-bond acceptors (Lipinski definition) is 5. The first kappa shape index (κ1) is 22.3. The lowest BCUT2D eigenvalue weighted by molar-refractivity contribution is -0.134. The van der Waals surface area contributed by atoms with Crippen LogP contribution in [-0.4, -0.2) is 48.9 Å². The zero-order valence-corrected chi connectivity index (χ0v) is 18.9. The summed E-state index contributed by atoms with van der Waals surface area (Å²) in [5, 5.41) is 3.18. The van der Waals surface area contributed by atoms with Gasteiger partial charge in [0.15, 0.2) is 0 Å². The number of benzene rings is 2. The summed E-state index contributed by atoms with van der Waals surface area (Å²) in [4.78, 5) is 40.7. The molecule has 1 N–H and O–H groups in total. The Morgan fingerprint density at radius 2 is 1.72 bits per heavy atom. The molecular formula is C23H21Cl2N3O4. The molecule has 0 spiro atoms. The number of carbonyl (C=O) groups is 3. The Bertz CT molecular complexity index is 1110. The van der Waals surface area contributed by atoms with E-state index >= 15 is 0 Å². The van der Waals surface area contributed by atoms with Crippen molar-refractivity contribution in [3.63, 3.8) is 0 Å². The molecule has 3 amide bonds. The second-order valence-corrected chi connectivity index (χ2v) is 8.35. The van der Waals surface area contributed by atoms with Crippen LogP contribution in [0.25, 0.3) is 0 Å². The van der Waals surface area contributed by atoms with E-state index in [9.17, 15) is 14.4 Å². The normalized spacial score (nSPS) is 16.7. The Labute approximate surface area is 195 Å². The highest BCUT2D eigenvalue weighted by Gasteiger charge is 2.39. The summed E-state index contributed by atoms with van der Waals surface area (Å²) >= 11 is 12.3. The van der Waals surface area contributed by atoms with Crippen molar-refractivity contribution in [3.8, 4) is 0 Å². The minimum atomic E-state index is -0.619. The van der Waals surface area contributed by atoms with Crippen LogP contribution in [0.5, 0.6) is 0 Å². The van der Waals surface area contributed by atoms with Crippen molar-refractivity contribution in [2.45, 2.75) is 13.3 Å². The summed E-state index contributed by atoms with van der Waals surface area (Å²) in [6.45, 7) is 4.15. The highest BCUT2D eigenvalue weighted by molar-refractivity contribution is 6.53. The molecule has 2 aromatic carbocycles. The number of aryl methyl sites for hydroxylation is 1. The van der Waals surface area contributed by atoms with Gasteiger partial charge in [-0.05, 0) is 42.3 Å². The number of hydrogen-bond donors (Lipinski definition) is 1. The van der Waals surface area contributed by atoms with E-state index in [1.165, 1.54) is 0 Å². The van der Waals surface area contributed by atoms with Gasteiger partial charge in [-0.15, -0.1) is 0 Å². The number of nitrogens with zero attached hydrogens (tertiary/aromatic N) is 2. The molecule has 166 valence electrons. The number of nitrogens with one attached hydrogen (secondary N) is 1. The summed E-state index contributed by atoms with van der Waals surface area (Å²) in [5.41, 5.74) is 2.59. The molecule has 2 aliphatic heterocycles. The number of morpholine rings is 1. The lowest BCUT2D eigenvalue weighted by Crippen LogP contribution is -2.41. The maximum atomic E-state index is 12.9. The topological polar surface area (TPSA) is 79.0 Å². The highest BCUT2D eigenvalue weighted by Crippen LogP contribution is 2.32. The number of rotatable bonds is 5. The molecule has 2 aromatic rings. The van der Waals surface area contributed by atoms with Crippen LogP contribution in [0.3, 0.4) is 0 Å². The Balaban J connectivity index is 1.45. The second kappa shape index (κ2) is 9.32. The van der Waals surface area contributed by atoms with Gasteiger partial charge in [-0.25, -0.2) is 4.90 Å². The molecular weight excluding hydrogens is 453 g/mol. The molecule has 0 aliphatic carbocycles. The lowest BCUT2D eigenvalue weighted by Gasteiger charge is -2.26. The summed E-state index contributed by atoms with van der Waals surface area (Å²) in [7, 11) is 0. The number of ether oxygens (including phenoxy) is 1. The first-order chi connectivity index (χ1) is 15.3. The molecule has 7 nitrogen and oxygen atoms in total. The van der Waals surface area contributed by atoms with Crippen molar-refractivity contribution in [3.05, 3.63) is 69.3 Å². The van der Waals surface area contributed by atoms with Crippen LogP contribution in [0.1, 0.15) is 11.1 Å². The molecule has 0 unspecified atom stereocenters. The van der Waals surface area contributed by atoms with Gasteiger partial charge in [0.2, 0.25) is 5.91 Å². The molecule has 2 aliphatic rings. The molecule has 1 fully saturated rings. The van der Waals surface area contributed by atoms with Gasteiger partial charge in [-0.1, -0.05) is 41.4 Å². The standard InChI is InChI=1S/C23H21Cl2N3O4/c1-14-2-7-17(13-18(14)24)28-22(30)20(25)21(23(28)31)26-16-5-3-15(4-6-16)12-19(29)27-8-10-32-11-9-27/h2-7,13,26H,8-12H2,1H3. The van der Waals surface area contributed by atoms with Crippen LogP contribution in [0, 0.1) is 6.92 Å². The molecule has 0 atom stereocenters. The van der Waals surface area contributed by atoms with Crippen LogP contribution in [0.4, 0.5) is 11.4 Å². The Hall–Kier alpha value is -2.87. The van der Waals surface area contributed by atoms with Gasteiger partial charge in [0, 0.05) is 23.8 Å². The van der Waals surface area contributed by atoms with Crippen LogP contribution in [-0.2, 0) is 25.5 Å². The fourth-order valence-electron chi connectivity index (χ4n) is 3.52. The quantitative estimate of drug-likeness (QED) is 0.672. The van der Waals surface area contributed by atoms with Crippen molar-refractivity contribution >= 4 is 52.3 Å². The van der Waals surface area contributed by atoms with Gasteiger partial charge in [-0.3, -0.25) is 14.4 Å². The number of imide groups is 1. The number of carbonyl (C=O) groups excluding carboxylic acids is 3. The average Bonchev–Trinajstić information content (AvgIpc) is 3.00. The first-order valence-corrected chi connectivity index (χ1v) is 10.9. The van der Waals surface area contributed by atoms with Crippen LogP contribution < -0.4 is 10.2 Å². The van der Waals surface area contributed by atoms with Crippen LogP contribution in [0.2, 0.25) is 5.02 Å². The maximum absolute atomic E-state index is 12.9. The van der Waals surface area contributed by atoms with Gasteiger partial charge < -0.3 is 15.0 Å². The predicted octanol–water partition coefficient (Wildman–Crippen LogP) is 3.49. The minimum Gasteiger partial charge on any atom is -0.378 e. The van der Waals surface area contributed by atoms with E-state index in [-0.39, 0.29) is 23.1 Å². The smallest absolute Gasteiger partial charge is 0.283 e. The number of anilines is 2. The van der Waals surface area contributed by atoms with E-state index in [0.717, 1.165) is 16.0 Å².